The molecule has 0 spiro atoms. The van der Waals surface area contributed by atoms with Gasteiger partial charge < -0.3 is 32.9 Å². The van der Waals surface area contributed by atoms with Gasteiger partial charge in [-0.3, -0.25) is 0 Å². The van der Waals surface area contributed by atoms with Crippen LogP contribution in [0.4, 0.5) is 28.4 Å². The van der Waals surface area contributed by atoms with Crippen LogP contribution in [0.15, 0.2) is 95.4 Å². The SMILES string of the molecule is [C-]#[N+]C(C#N)=C1C(=C2c3c(N)cccc3C(=[N+](CCC)CCC)c3cccc(N)c32)C(O)=C1c1c2c(N)cccc2c(N(CCC)CCC)c2cccc(N)c12. The zero-order valence-corrected chi connectivity index (χ0v) is 32.6. The number of anilines is 5. The Kier molecular flexibility index (Phi) is 10.2. The molecule has 9 nitrogen and oxygen atoms in total. The van der Waals surface area contributed by atoms with Crippen molar-refractivity contribution in [1.82, 2.24) is 0 Å². The largest absolute Gasteiger partial charge is 0.507 e. The molecule has 9 heteroatoms. The van der Waals surface area contributed by atoms with Gasteiger partial charge in [0.2, 0.25) is 5.71 Å². The van der Waals surface area contributed by atoms with Crippen molar-refractivity contribution < 1.29 is 9.68 Å². The molecule has 7 rings (SSSR count). The van der Waals surface area contributed by atoms with E-state index in [1.54, 1.807) is 0 Å². The average Bonchev–Trinajstić information content (AvgIpc) is 3.18. The molecule has 2 aliphatic rings. The van der Waals surface area contributed by atoms with E-state index in [2.05, 4.69) is 72.4 Å². The molecule has 0 amide bonds. The summed E-state index contributed by atoms with van der Waals surface area (Å²) in [6.07, 6.45) is 3.74. The minimum absolute atomic E-state index is 0.0851. The summed E-state index contributed by atoms with van der Waals surface area (Å²) in [7, 11) is 0. The number of hydrogen-bond acceptors (Lipinski definition) is 7. The summed E-state index contributed by atoms with van der Waals surface area (Å²) < 4.78 is 2.38. The maximum atomic E-state index is 12.8. The fraction of sp³-hybridized carbons (Fsp3) is 0.255. The molecule has 0 unspecified atom stereocenters. The third-order valence-corrected chi connectivity index (χ3v) is 10.9. The second-order valence-electron chi connectivity index (χ2n) is 14.5. The molecule has 5 aromatic carbocycles. The predicted octanol–water partition coefficient (Wildman–Crippen LogP) is 9.41. The van der Waals surface area contributed by atoms with Gasteiger partial charge in [0, 0.05) is 109 Å². The third kappa shape index (κ3) is 5.70. The number of nitrogen functional groups attached to an aromatic ring is 4. The van der Waals surface area contributed by atoms with Gasteiger partial charge in [0.05, 0.1) is 29.5 Å². The molecular weight excluding hydrogens is 693 g/mol. The van der Waals surface area contributed by atoms with Gasteiger partial charge in [-0.15, -0.1) is 0 Å². The van der Waals surface area contributed by atoms with E-state index >= 15 is 0 Å². The van der Waals surface area contributed by atoms with E-state index in [9.17, 15) is 10.4 Å². The topological polar surface area (TPSA) is 159 Å². The van der Waals surface area contributed by atoms with Crippen molar-refractivity contribution in [3.63, 3.8) is 0 Å². The number of allylic oxidation sites excluding steroid dienone is 3. The van der Waals surface area contributed by atoms with Crippen LogP contribution >= 0.6 is 0 Å². The molecule has 0 atom stereocenters. The average molecular weight is 742 g/mol. The van der Waals surface area contributed by atoms with Gasteiger partial charge in [-0.05, 0) is 49.2 Å². The summed E-state index contributed by atoms with van der Waals surface area (Å²) >= 11 is 0. The zero-order chi connectivity index (χ0) is 39.8. The van der Waals surface area contributed by atoms with E-state index < -0.39 is 0 Å². The molecule has 0 fully saturated rings. The second-order valence-corrected chi connectivity index (χ2v) is 14.5. The highest BCUT2D eigenvalue weighted by atomic mass is 16.3. The Labute approximate surface area is 329 Å². The molecule has 0 bridgehead atoms. The Hall–Kier alpha value is -6.71. The van der Waals surface area contributed by atoms with Crippen LogP contribution in [0.25, 0.3) is 37.5 Å². The van der Waals surface area contributed by atoms with Crippen molar-refractivity contribution in [2.45, 2.75) is 53.4 Å². The second kappa shape index (κ2) is 15.2. The highest BCUT2D eigenvalue weighted by molar-refractivity contribution is 6.29. The van der Waals surface area contributed by atoms with Gasteiger partial charge in [0.15, 0.2) is 0 Å². The quantitative estimate of drug-likeness (QED) is 0.0308. The van der Waals surface area contributed by atoms with Crippen LogP contribution in [0.5, 0.6) is 0 Å². The highest BCUT2D eigenvalue weighted by Crippen LogP contribution is 2.58. The van der Waals surface area contributed by atoms with Crippen molar-refractivity contribution in [3.05, 3.63) is 135 Å². The van der Waals surface area contributed by atoms with E-state index in [1.807, 2.05) is 48.5 Å². The van der Waals surface area contributed by atoms with Crippen molar-refractivity contribution in [2.75, 3.05) is 54.0 Å². The van der Waals surface area contributed by atoms with Gasteiger partial charge in [0.25, 0.3) is 5.70 Å². The first-order valence-electron chi connectivity index (χ1n) is 19.6. The van der Waals surface area contributed by atoms with Crippen molar-refractivity contribution in [1.29, 1.82) is 5.26 Å². The monoisotopic (exact) mass is 741 g/mol. The highest BCUT2D eigenvalue weighted by Gasteiger charge is 2.43. The first-order valence-corrected chi connectivity index (χ1v) is 19.6. The summed E-state index contributed by atoms with van der Waals surface area (Å²) in [5, 5.41) is 26.7. The van der Waals surface area contributed by atoms with Crippen LogP contribution in [0, 0.1) is 17.9 Å². The van der Waals surface area contributed by atoms with Gasteiger partial charge >= 0.3 is 0 Å². The fourth-order valence-electron chi connectivity index (χ4n) is 8.94. The molecular formula is C47H49N8O+. The Bertz CT molecular complexity index is 2520. The molecule has 0 aliphatic heterocycles. The maximum absolute atomic E-state index is 12.8. The van der Waals surface area contributed by atoms with Crippen molar-refractivity contribution >= 4 is 66.8 Å². The van der Waals surface area contributed by atoms with Crippen LogP contribution in [0.1, 0.15) is 81.2 Å². The minimum atomic E-state index is -0.172. The smallest absolute Gasteiger partial charge is 0.270 e. The molecule has 0 radical (unpaired) electrons. The lowest BCUT2D eigenvalue weighted by Crippen LogP contribution is -2.31. The number of aliphatic hydroxyl groups is 1. The van der Waals surface area contributed by atoms with Crippen LogP contribution in [-0.2, 0) is 0 Å². The standard InChI is InChI=1S/C47H48N8O/c1-6-22-54(23-7-2)45-27-14-10-18-31(49)36(27)41(37-28(45)15-11-19-32(37)50)43-40(35(26-48)53-5)44(47(43)56)42-38-29(16-12-20-33(38)51)46(55(24-8-3)25-9-4)30-17-13-21-34(52)39(30)42/h10-21H,6-9,22-25,49-52H2,1-4H3/p+1. The molecule has 282 valence electrons. The number of nitrogens with two attached hydrogens (primary N) is 4. The fourth-order valence-corrected chi connectivity index (χ4v) is 8.94. The number of nitriles is 1. The Morgan fingerprint density at radius 1 is 0.679 bits per heavy atom. The van der Waals surface area contributed by atoms with Crippen LogP contribution in [0.3, 0.4) is 0 Å². The van der Waals surface area contributed by atoms with Crippen molar-refractivity contribution in [3.8, 4) is 6.07 Å². The minimum Gasteiger partial charge on any atom is -0.507 e. The Morgan fingerprint density at radius 3 is 1.61 bits per heavy atom. The normalized spacial score (nSPS) is 14.3. The number of aliphatic hydroxyl groups excluding tert-OH is 1. The summed E-state index contributed by atoms with van der Waals surface area (Å²) in [4.78, 5) is 6.15. The molecule has 56 heavy (non-hydrogen) atoms. The zero-order valence-electron chi connectivity index (χ0n) is 32.6. The van der Waals surface area contributed by atoms with Crippen LogP contribution in [-0.4, -0.2) is 41.6 Å². The summed E-state index contributed by atoms with van der Waals surface area (Å²) in [5.74, 6) is -0.0851. The van der Waals surface area contributed by atoms with Gasteiger partial charge in [0.1, 0.15) is 18.8 Å². The van der Waals surface area contributed by atoms with E-state index in [4.69, 9.17) is 29.5 Å². The molecule has 2 aliphatic carbocycles. The predicted molar refractivity (Wildman–Crippen MR) is 233 cm³/mol. The van der Waals surface area contributed by atoms with Gasteiger partial charge in [-0.1, -0.05) is 64.1 Å². The number of benzene rings is 5. The summed E-state index contributed by atoms with van der Waals surface area (Å²) in [5.41, 5.74) is 36.9. The van der Waals surface area contributed by atoms with Crippen molar-refractivity contribution in [2.24, 2.45) is 0 Å². The van der Waals surface area contributed by atoms with Gasteiger partial charge in [-0.25, -0.2) is 14.7 Å². The van der Waals surface area contributed by atoms with E-state index in [-0.39, 0.29) is 11.5 Å². The molecule has 0 saturated carbocycles. The number of hydrogen-bond donors (Lipinski definition) is 5. The lowest BCUT2D eigenvalue weighted by Gasteiger charge is -2.36. The molecule has 0 heterocycles. The first kappa shape index (κ1) is 37.6. The summed E-state index contributed by atoms with van der Waals surface area (Å²) in [6.45, 7) is 20.2. The molecule has 9 N–H and O–H groups in total. The van der Waals surface area contributed by atoms with E-state index in [1.165, 1.54) is 0 Å². The molecule has 5 aromatic rings. The van der Waals surface area contributed by atoms with E-state index in [0.29, 0.717) is 72.5 Å². The Balaban J connectivity index is 1.70. The van der Waals surface area contributed by atoms with Crippen LogP contribution < -0.4 is 27.8 Å². The third-order valence-electron chi connectivity index (χ3n) is 10.9. The number of rotatable bonds is 10. The molecule has 0 saturated heterocycles. The molecule has 0 aromatic heterocycles. The number of nitrogens with zero attached hydrogens (tertiary/aromatic N) is 4. The number of fused-ring (bicyclic) bond motifs is 4. The first-order chi connectivity index (χ1) is 27.2. The van der Waals surface area contributed by atoms with Gasteiger partial charge in [-0.2, -0.15) is 0 Å². The van der Waals surface area contributed by atoms with E-state index in [0.717, 1.165) is 85.2 Å². The van der Waals surface area contributed by atoms with Crippen LogP contribution in [0.2, 0.25) is 0 Å². The Morgan fingerprint density at radius 2 is 1.16 bits per heavy atom. The summed E-state index contributed by atoms with van der Waals surface area (Å²) in [6, 6.07) is 25.5. The maximum Gasteiger partial charge on any atom is 0.270 e. The lowest BCUT2D eigenvalue weighted by molar-refractivity contribution is -0.527. The lowest BCUT2D eigenvalue weighted by atomic mass is 9.68.